The van der Waals surface area contributed by atoms with E-state index in [4.69, 9.17) is 9.72 Å². The van der Waals surface area contributed by atoms with E-state index < -0.39 is 0 Å². The lowest BCUT2D eigenvalue weighted by Crippen LogP contribution is -2.13. The van der Waals surface area contributed by atoms with Crippen molar-refractivity contribution >= 4 is 39.1 Å². The van der Waals surface area contributed by atoms with E-state index in [1.165, 1.54) is 0 Å². The summed E-state index contributed by atoms with van der Waals surface area (Å²) < 4.78 is 5.49. The molecular formula is C32H26N2O3. The summed E-state index contributed by atoms with van der Waals surface area (Å²) in [7, 11) is 3.98. The molecule has 0 N–H and O–H groups in total. The molecule has 1 aliphatic rings. The molecule has 0 spiro atoms. The van der Waals surface area contributed by atoms with Gasteiger partial charge in [0.25, 0.3) is 0 Å². The molecule has 5 heteroatoms. The first-order valence-electron chi connectivity index (χ1n) is 12.4. The third-order valence-corrected chi connectivity index (χ3v) is 7.22. The summed E-state index contributed by atoms with van der Waals surface area (Å²) in [6, 6.07) is 23.6. The fourth-order valence-corrected chi connectivity index (χ4v) is 5.40. The van der Waals surface area contributed by atoms with Crippen molar-refractivity contribution in [2.24, 2.45) is 0 Å². The molecule has 0 fully saturated rings. The molecule has 1 heterocycles. The summed E-state index contributed by atoms with van der Waals surface area (Å²) in [6.45, 7) is 4.04. The first-order chi connectivity index (χ1) is 17.9. The Morgan fingerprint density at radius 1 is 0.865 bits per heavy atom. The van der Waals surface area contributed by atoms with Gasteiger partial charge in [-0.2, -0.15) is 0 Å². The predicted octanol–water partition coefficient (Wildman–Crippen LogP) is 6.82. The van der Waals surface area contributed by atoms with Gasteiger partial charge in [0.1, 0.15) is 0 Å². The maximum absolute atomic E-state index is 13.4. The van der Waals surface area contributed by atoms with Crippen molar-refractivity contribution in [2.45, 2.75) is 13.8 Å². The quantitative estimate of drug-likeness (QED) is 0.202. The van der Waals surface area contributed by atoms with Crippen LogP contribution in [0.4, 0.5) is 5.69 Å². The first kappa shape index (κ1) is 22.9. The second-order valence-electron chi connectivity index (χ2n) is 9.55. The van der Waals surface area contributed by atoms with E-state index in [-0.39, 0.29) is 18.4 Å². The van der Waals surface area contributed by atoms with Gasteiger partial charge in [-0.05, 0) is 48.7 Å². The third kappa shape index (κ3) is 3.42. The van der Waals surface area contributed by atoms with E-state index in [0.29, 0.717) is 22.4 Å². The standard InChI is InChI=1S/C32H26N2O3/c1-5-37-32(36)27-18(2)25-17-26-21-9-6-7-10-22(21)31(35)24-12-8-11-23(28(24)26)30(25)33-29(27)19-13-15-20(16-14-19)34(3)4/h6-17H,5H2,1-4H3. The van der Waals surface area contributed by atoms with Crippen LogP contribution in [0.1, 0.15) is 38.8 Å². The Labute approximate surface area is 215 Å². The molecular weight excluding hydrogens is 460 g/mol. The van der Waals surface area contributed by atoms with Gasteiger partial charge in [-0.25, -0.2) is 9.78 Å². The number of esters is 1. The highest BCUT2D eigenvalue weighted by atomic mass is 16.5. The van der Waals surface area contributed by atoms with E-state index in [9.17, 15) is 9.59 Å². The second-order valence-corrected chi connectivity index (χ2v) is 9.55. The van der Waals surface area contributed by atoms with Crippen molar-refractivity contribution in [1.82, 2.24) is 4.98 Å². The predicted molar refractivity (Wildman–Crippen MR) is 149 cm³/mol. The van der Waals surface area contributed by atoms with Crippen molar-refractivity contribution in [3.05, 3.63) is 95.1 Å². The summed E-state index contributed by atoms with van der Waals surface area (Å²) in [4.78, 5) is 33.8. The summed E-state index contributed by atoms with van der Waals surface area (Å²) in [5.41, 5.74) is 7.77. The number of nitrogens with zero attached hydrogens (tertiary/aromatic N) is 2. The van der Waals surface area contributed by atoms with Crippen molar-refractivity contribution in [3.63, 3.8) is 0 Å². The van der Waals surface area contributed by atoms with E-state index >= 15 is 0 Å². The van der Waals surface area contributed by atoms with Crippen molar-refractivity contribution < 1.29 is 14.3 Å². The maximum atomic E-state index is 13.4. The molecule has 1 aromatic heterocycles. The summed E-state index contributed by atoms with van der Waals surface area (Å²) >= 11 is 0. The lowest BCUT2D eigenvalue weighted by molar-refractivity contribution is 0.0526. The van der Waals surface area contributed by atoms with Crippen LogP contribution in [-0.4, -0.2) is 37.4 Å². The molecule has 0 aliphatic heterocycles. The molecule has 0 saturated carbocycles. The summed E-state index contributed by atoms with van der Waals surface area (Å²) in [5, 5.41) is 2.68. The minimum absolute atomic E-state index is 0.0208. The third-order valence-electron chi connectivity index (χ3n) is 7.22. The van der Waals surface area contributed by atoms with Crippen molar-refractivity contribution in [3.8, 4) is 22.4 Å². The molecule has 0 bridgehead atoms. The molecule has 5 nitrogen and oxygen atoms in total. The molecule has 0 atom stereocenters. The molecule has 5 aromatic rings. The van der Waals surface area contributed by atoms with Gasteiger partial charge in [-0.15, -0.1) is 0 Å². The van der Waals surface area contributed by atoms with Gasteiger partial charge >= 0.3 is 5.97 Å². The normalized spacial score (nSPS) is 12.1. The number of aromatic nitrogens is 1. The lowest BCUT2D eigenvalue weighted by atomic mass is 9.81. The van der Waals surface area contributed by atoms with Crippen LogP contribution >= 0.6 is 0 Å². The Balaban J connectivity index is 1.73. The van der Waals surface area contributed by atoms with Gasteiger partial charge in [0, 0.05) is 52.6 Å². The Kier molecular flexibility index (Phi) is 5.30. The Morgan fingerprint density at radius 3 is 2.27 bits per heavy atom. The maximum Gasteiger partial charge on any atom is 0.340 e. The SMILES string of the molecule is CCOC(=O)c1c(-c2ccc(N(C)C)cc2)nc2c(cc3c4c(cccc42)C(=O)c2ccccc2-3)c1C. The molecule has 0 radical (unpaired) electrons. The van der Waals surface area contributed by atoms with E-state index in [2.05, 4.69) is 6.07 Å². The minimum Gasteiger partial charge on any atom is -0.462 e. The van der Waals surface area contributed by atoms with Crippen LogP contribution in [-0.2, 0) is 4.74 Å². The zero-order chi connectivity index (χ0) is 25.8. The number of hydrogen-bond acceptors (Lipinski definition) is 5. The van der Waals surface area contributed by atoms with Crippen LogP contribution in [0.5, 0.6) is 0 Å². The van der Waals surface area contributed by atoms with Crippen molar-refractivity contribution in [2.75, 3.05) is 25.6 Å². The summed E-state index contributed by atoms with van der Waals surface area (Å²) in [5.74, 6) is -0.369. The van der Waals surface area contributed by atoms with Crippen molar-refractivity contribution in [1.29, 1.82) is 0 Å². The molecule has 37 heavy (non-hydrogen) atoms. The average molecular weight is 487 g/mol. The van der Waals surface area contributed by atoms with Gasteiger partial charge in [0.15, 0.2) is 5.78 Å². The number of rotatable bonds is 4. The molecule has 0 saturated heterocycles. The molecule has 1 aliphatic carbocycles. The van der Waals surface area contributed by atoms with Gasteiger partial charge in [-0.1, -0.05) is 54.6 Å². The number of ketones is 1. The number of hydrogen-bond donors (Lipinski definition) is 0. The minimum atomic E-state index is -0.390. The number of benzene rings is 4. The average Bonchev–Trinajstić information content (AvgIpc) is 2.91. The fraction of sp³-hybridized carbons (Fsp3) is 0.156. The van der Waals surface area contributed by atoms with Gasteiger partial charge in [0.2, 0.25) is 0 Å². The molecule has 0 unspecified atom stereocenters. The molecule has 182 valence electrons. The van der Waals surface area contributed by atoms with Crippen LogP contribution in [0, 0.1) is 6.92 Å². The van der Waals surface area contributed by atoms with Crippen LogP contribution < -0.4 is 4.90 Å². The number of aryl methyl sites for hydroxylation is 1. The zero-order valence-electron chi connectivity index (χ0n) is 21.3. The van der Waals surface area contributed by atoms with Gasteiger partial charge in [-0.3, -0.25) is 4.79 Å². The first-order valence-corrected chi connectivity index (χ1v) is 12.4. The molecule has 0 amide bonds. The summed E-state index contributed by atoms with van der Waals surface area (Å²) in [6.07, 6.45) is 0. The van der Waals surface area contributed by atoms with E-state index in [0.717, 1.165) is 49.6 Å². The topological polar surface area (TPSA) is 59.5 Å². The van der Waals surface area contributed by atoms with E-state index in [1.54, 1.807) is 6.92 Å². The number of fused-ring (bicyclic) bond motifs is 4. The highest BCUT2D eigenvalue weighted by Gasteiger charge is 2.28. The second kappa shape index (κ2) is 8.56. The Hall–Kier alpha value is -4.51. The van der Waals surface area contributed by atoms with E-state index in [1.807, 2.05) is 92.6 Å². The zero-order valence-corrected chi connectivity index (χ0v) is 21.3. The number of anilines is 1. The van der Waals surface area contributed by atoms with Gasteiger partial charge in [0.05, 0.1) is 23.4 Å². The van der Waals surface area contributed by atoms with Crippen LogP contribution in [0.3, 0.4) is 0 Å². The smallest absolute Gasteiger partial charge is 0.340 e. The van der Waals surface area contributed by atoms with Gasteiger partial charge < -0.3 is 9.64 Å². The van der Waals surface area contributed by atoms with Crippen LogP contribution in [0.2, 0.25) is 0 Å². The monoisotopic (exact) mass is 486 g/mol. The number of carbonyl (C=O) groups is 2. The number of ether oxygens (including phenoxy) is 1. The highest BCUT2D eigenvalue weighted by molar-refractivity contribution is 6.29. The Bertz CT molecular complexity index is 1750. The Morgan fingerprint density at radius 2 is 1.57 bits per heavy atom. The van der Waals surface area contributed by atoms with Crippen LogP contribution in [0.25, 0.3) is 44.1 Å². The van der Waals surface area contributed by atoms with Crippen LogP contribution in [0.15, 0.2) is 72.8 Å². The number of carbonyl (C=O) groups excluding carboxylic acids is 2. The highest BCUT2D eigenvalue weighted by Crippen LogP contribution is 2.44. The molecule has 6 rings (SSSR count). The number of pyridine rings is 1. The molecule has 4 aromatic carbocycles. The fourth-order valence-electron chi connectivity index (χ4n) is 5.40. The largest absolute Gasteiger partial charge is 0.462 e. The lowest BCUT2D eigenvalue weighted by Gasteiger charge is -2.22.